The van der Waals surface area contributed by atoms with Crippen molar-refractivity contribution in [2.24, 2.45) is 5.92 Å². The van der Waals surface area contributed by atoms with Crippen LogP contribution < -0.4 is 5.32 Å². The highest BCUT2D eigenvalue weighted by Gasteiger charge is 2.26. The highest BCUT2D eigenvalue weighted by molar-refractivity contribution is 5.70. The molecule has 0 aromatic heterocycles. The van der Waals surface area contributed by atoms with E-state index >= 15 is 0 Å². The molecule has 0 fully saturated rings. The smallest absolute Gasteiger partial charge is 0.389 e. The molecule has 0 aliphatic rings. The number of rotatable bonds is 7. The highest BCUT2D eigenvalue weighted by Crippen LogP contribution is 2.21. The first kappa shape index (κ1) is 15.2. The van der Waals surface area contributed by atoms with Gasteiger partial charge in [0, 0.05) is 12.5 Å². The standard InChI is InChI=1S/C10H18F3NO2/c1-7(9(15)16)8(2)14-6-4-3-5-10(11,12)13/h7-8,14H,3-6H2,1-2H3,(H,15,16). The second-order valence-corrected chi connectivity index (χ2v) is 3.94. The largest absolute Gasteiger partial charge is 0.481 e. The molecule has 96 valence electrons. The molecule has 0 saturated carbocycles. The zero-order valence-corrected chi connectivity index (χ0v) is 9.47. The Labute approximate surface area is 93.0 Å². The lowest BCUT2D eigenvalue weighted by Crippen LogP contribution is -2.36. The van der Waals surface area contributed by atoms with Gasteiger partial charge in [-0.2, -0.15) is 13.2 Å². The summed E-state index contributed by atoms with van der Waals surface area (Å²) in [7, 11) is 0. The summed E-state index contributed by atoms with van der Waals surface area (Å²) >= 11 is 0. The molecule has 0 aliphatic carbocycles. The van der Waals surface area contributed by atoms with E-state index in [1.165, 1.54) is 0 Å². The Kier molecular flexibility index (Phi) is 6.40. The number of carboxylic acids is 1. The van der Waals surface area contributed by atoms with Crippen molar-refractivity contribution >= 4 is 5.97 Å². The van der Waals surface area contributed by atoms with Gasteiger partial charge in [-0.25, -0.2) is 0 Å². The van der Waals surface area contributed by atoms with E-state index in [1.54, 1.807) is 13.8 Å². The Morgan fingerprint density at radius 3 is 2.31 bits per heavy atom. The van der Waals surface area contributed by atoms with E-state index < -0.39 is 24.5 Å². The molecule has 0 aromatic rings. The van der Waals surface area contributed by atoms with Gasteiger partial charge in [-0.1, -0.05) is 6.92 Å². The van der Waals surface area contributed by atoms with E-state index in [-0.39, 0.29) is 12.5 Å². The summed E-state index contributed by atoms with van der Waals surface area (Å²) in [6.07, 6.45) is -4.40. The van der Waals surface area contributed by atoms with Crippen LogP contribution in [0.3, 0.4) is 0 Å². The van der Waals surface area contributed by atoms with Crippen LogP contribution in [0.4, 0.5) is 13.2 Å². The number of carboxylic acid groups (broad SMARTS) is 1. The topological polar surface area (TPSA) is 49.3 Å². The number of hydrogen-bond donors (Lipinski definition) is 2. The van der Waals surface area contributed by atoms with E-state index in [9.17, 15) is 18.0 Å². The SMILES string of the molecule is CC(NCCCCC(F)(F)F)C(C)C(=O)O. The van der Waals surface area contributed by atoms with E-state index in [1.807, 2.05) is 0 Å². The van der Waals surface area contributed by atoms with Crippen molar-refractivity contribution < 1.29 is 23.1 Å². The predicted molar refractivity (Wildman–Crippen MR) is 54.2 cm³/mol. The third-order valence-electron chi connectivity index (χ3n) is 2.49. The normalized spacial score (nSPS) is 15.8. The lowest BCUT2D eigenvalue weighted by molar-refractivity contribution is -0.141. The Balaban J connectivity index is 3.56. The fourth-order valence-electron chi connectivity index (χ4n) is 1.17. The number of carbonyl (C=O) groups is 1. The first-order valence-electron chi connectivity index (χ1n) is 5.27. The van der Waals surface area contributed by atoms with E-state index in [2.05, 4.69) is 5.32 Å². The maximum atomic E-state index is 11.8. The van der Waals surface area contributed by atoms with Crippen molar-refractivity contribution in [1.29, 1.82) is 0 Å². The van der Waals surface area contributed by atoms with Crippen LogP contribution in [-0.4, -0.2) is 29.8 Å². The van der Waals surface area contributed by atoms with Crippen LogP contribution in [0.25, 0.3) is 0 Å². The lowest BCUT2D eigenvalue weighted by atomic mass is 10.0. The number of alkyl halides is 3. The molecular weight excluding hydrogens is 223 g/mol. The van der Waals surface area contributed by atoms with Gasteiger partial charge in [0.05, 0.1) is 5.92 Å². The van der Waals surface area contributed by atoms with Crippen LogP contribution >= 0.6 is 0 Å². The number of aliphatic carboxylic acids is 1. The highest BCUT2D eigenvalue weighted by atomic mass is 19.4. The van der Waals surface area contributed by atoms with Gasteiger partial charge in [0.25, 0.3) is 0 Å². The van der Waals surface area contributed by atoms with Crippen LogP contribution in [0.2, 0.25) is 0 Å². The van der Waals surface area contributed by atoms with E-state index in [4.69, 9.17) is 5.11 Å². The molecule has 2 N–H and O–H groups in total. The molecule has 2 atom stereocenters. The fraction of sp³-hybridized carbons (Fsp3) is 0.900. The Morgan fingerprint density at radius 2 is 1.88 bits per heavy atom. The molecule has 6 heteroatoms. The minimum atomic E-state index is -4.10. The first-order valence-corrected chi connectivity index (χ1v) is 5.27. The minimum absolute atomic E-state index is 0.0741. The van der Waals surface area contributed by atoms with E-state index in [0.717, 1.165) is 0 Å². The van der Waals surface area contributed by atoms with Gasteiger partial charge < -0.3 is 10.4 Å². The summed E-state index contributed by atoms with van der Waals surface area (Å²) in [5, 5.41) is 11.6. The second kappa shape index (κ2) is 6.73. The van der Waals surface area contributed by atoms with Crippen molar-refractivity contribution in [2.75, 3.05) is 6.54 Å². The molecule has 0 aliphatic heterocycles. The average molecular weight is 241 g/mol. The van der Waals surface area contributed by atoms with Crippen molar-refractivity contribution in [3.8, 4) is 0 Å². The number of unbranched alkanes of at least 4 members (excludes halogenated alkanes) is 1. The van der Waals surface area contributed by atoms with Gasteiger partial charge >= 0.3 is 12.1 Å². The average Bonchev–Trinajstić information content (AvgIpc) is 2.13. The molecule has 0 rings (SSSR count). The van der Waals surface area contributed by atoms with Gasteiger partial charge in [0.1, 0.15) is 0 Å². The summed E-state index contributed by atoms with van der Waals surface area (Å²) in [5.74, 6) is -1.45. The fourth-order valence-corrected chi connectivity index (χ4v) is 1.17. The minimum Gasteiger partial charge on any atom is -0.481 e. The summed E-state index contributed by atoms with van der Waals surface area (Å²) < 4.78 is 35.3. The molecule has 0 spiro atoms. The Morgan fingerprint density at radius 1 is 1.31 bits per heavy atom. The van der Waals surface area contributed by atoms with Gasteiger partial charge in [0.15, 0.2) is 0 Å². The Hall–Kier alpha value is -0.780. The monoisotopic (exact) mass is 241 g/mol. The van der Waals surface area contributed by atoms with Gasteiger partial charge in [0.2, 0.25) is 0 Å². The van der Waals surface area contributed by atoms with Crippen molar-refractivity contribution in [1.82, 2.24) is 5.32 Å². The van der Waals surface area contributed by atoms with Gasteiger partial charge in [-0.3, -0.25) is 4.79 Å². The molecule has 16 heavy (non-hydrogen) atoms. The van der Waals surface area contributed by atoms with Crippen LogP contribution in [0.15, 0.2) is 0 Å². The summed E-state index contributed by atoms with van der Waals surface area (Å²) in [6, 6.07) is -0.233. The van der Waals surface area contributed by atoms with Gasteiger partial charge in [-0.15, -0.1) is 0 Å². The molecule has 0 radical (unpaired) electrons. The van der Waals surface area contributed by atoms with E-state index in [0.29, 0.717) is 13.0 Å². The third kappa shape index (κ3) is 7.50. The molecule has 3 nitrogen and oxygen atoms in total. The molecule has 0 saturated heterocycles. The predicted octanol–water partition coefficient (Wildman–Crippen LogP) is 2.42. The van der Waals surface area contributed by atoms with Crippen LogP contribution in [0.5, 0.6) is 0 Å². The molecule has 0 aromatic carbocycles. The van der Waals surface area contributed by atoms with Crippen LogP contribution in [-0.2, 0) is 4.79 Å². The number of hydrogen-bond acceptors (Lipinski definition) is 2. The summed E-state index contributed by atoms with van der Waals surface area (Å²) in [5.41, 5.74) is 0. The van der Waals surface area contributed by atoms with Crippen molar-refractivity contribution in [3.63, 3.8) is 0 Å². The lowest BCUT2D eigenvalue weighted by Gasteiger charge is -2.17. The summed E-state index contributed by atoms with van der Waals surface area (Å²) in [6.45, 7) is 3.69. The Bertz CT molecular complexity index is 219. The van der Waals surface area contributed by atoms with Gasteiger partial charge in [-0.05, 0) is 26.3 Å². The molecule has 0 bridgehead atoms. The molecule has 0 amide bonds. The quantitative estimate of drug-likeness (QED) is 0.673. The maximum absolute atomic E-state index is 11.8. The third-order valence-corrected chi connectivity index (χ3v) is 2.49. The van der Waals surface area contributed by atoms with Crippen LogP contribution in [0.1, 0.15) is 33.1 Å². The summed E-state index contributed by atoms with van der Waals surface area (Å²) in [4.78, 5) is 10.6. The van der Waals surface area contributed by atoms with Crippen molar-refractivity contribution in [3.05, 3.63) is 0 Å². The zero-order valence-electron chi connectivity index (χ0n) is 9.47. The molecule has 2 unspecified atom stereocenters. The molecule has 0 heterocycles. The van der Waals surface area contributed by atoms with Crippen molar-refractivity contribution in [2.45, 2.75) is 45.3 Å². The molecular formula is C10H18F3NO2. The van der Waals surface area contributed by atoms with Crippen LogP contribution in [0, 0.1) is 5.92 Å². The first-order chi connectivity index (χ1) is 7.24. The maximum Gasteiger partial charge on any atom is 0.389 e. The number of nitrogens with one attached hydrogen (secondary N) is 1. The second-order valence-electron chi connectivity index (χ2n) is 3.94. The number of halogens is 3. The zero-order chi connectivity index (χ0) is 12.8.